The van der Waals surface area contributed by atoms with Crippen LogP contribution in [0.4, 0.5) is 0 Å². The molecule has 6 heteroatoms. The predicted molar refractivity (Wildman–Crippen MR) is 117 cm³/mol. The van der Waals surface area contributed by atoms with Crippen molar-refractivity contribution in [2.75, 3.05) is 0 Å². The summed E-state index contributed by atoms with van der Waals surface area (Å²) in [5, 5.41) is 5.33. The minimum absolute atomic E-state index is 0.0513. The van der Waals surface area contributed by atoms with Crippen LogP contribution in [0.2, 0.25) is 10.0 Å². The summed E-state index contributed by atoms with van der Waals surface area (Å²) in [5.41, 5.74) is 4.68. The molecule has 3 atom stereocenters. The molecule has 152 valence electrons. The zero-order valence-corrected chi connectivity index (χ0v) is 17.8. The van der Waals surface area contributed by atoms with E-state index in [0.29, 0.717) is 22.6 Å². The maximum Gasteiger partial charge on any atom is 0.244 e. The molecule has 2 fully saturated rings. The van der Waals surface area contributed by atoms with E-state index in [4.69, 9.17) is 27.9 Å². The summed E-state index contributed by atoms with van der Waals surface area (Å²) in [5.74, 6) is 1.44. The van der Waals surface area contributed by atoms with Gasteiger partial charge in [0.1, 0.15) is 12.4 Å². The van der Waals surface area contributed by atoms with E-state index in [1.807, 2.05) is 30.3 Å². The van der Waals surface area contributed by atoms with E-state index in [-0.39, 0.29) is 17.2 Å². The molecule has 0 bridgehead atoms. The fourth-order valence-electron chi connectivity index (χ4n) is 4.54. The Morgan fingerprint density at radius 1 is 1.24 bits per heavy atom. The number of hydrogen-bond donors (Lipinski definition) is 1. The molecule has 0 saturated heterocycles. The van der Waals surface area contributed by atoms with E-state index in [1.165, 1.54) is 19.3 Å². The Balaban J connectivity index is 1.27. The molecule has 0 aliphatic heterocycles. The summed E-state index contributed by atoms with van der Waals surface area (Å²) < 4.78 is 5.77. The van der Waals surface area contributed by atoms with Crippen LogP contribution < -0.4 is 10.2 Å². The highest BCUT2D eigenvalue weighted by Gasteiger charge is 2.64. The number of carbonyl (C=O) groups is 1. The molecule has 0 unspecified atom stereocenters. The largest absolute Gasteiger partial charge is 0.489 e. The lowest BCUT2D eigenvalue weighted by Crippen LogP contribution is -2.22. The van der Waals surface area contributed by atoms with Crippen molar-refractivity contribution in [1.29, 1.82) is 0 Å². The van der Waals surface area contributed by atoms with Crippen molar-refractivity contribution in [3.63, 3.8) is 0 Å². The molecule has 1 amide bonds. The second kappa shape index (κ2) is 8.37. The quantitative estimate of drug-likeness (QED) is 0.461. The van der Waals surface area contributed by atoms with Gasteiger partial charge in [0.15, 0.2) is 0 Å². The van der Waals surface area contributed by atoms with Gasteiger partial charge in [-0.15, -0.1) is 0 Å². The van der Waals surface area contributed by atoms with Gasteiger partial charge < -0.3 is 4.74 Å². The summed E-state index contributed by atoms with van der Waals surface area (Å²) in [7, 11) is 0. The first-order chi connectivity index (χ1) is 14.0. The Bertz CT molecular complexity index is 929. The number of benzene rings is 2. The predicted octanol–water partition coefficient (Wildman–Crippen LogP) is 5.85. The maximum atomic E-state index is 12.4. The number of nitrogens with one attached hydrogen (secondary N) is 1. The van der Waals surface area contributed by atoms with E-state index in [1.54, 1.807) is 18.3 Å². The number of halogens is 2. The number of hydrogen-bond acceptors (Lipinski definition) is 3. The van der Waals surface area contributed by atoms with E-state index < -0.39 is 0 Å². The first-order valence-corrected chi connectivity index (χ1v) is 10.7. The molecule has 2 saturated carbocycles. The summed E-state index contributed by atoms with van der Waals surface area (Å²) >= 11 is 12.1. The van der Waals surface area contributed by atoms with E-state index >= 15 is 0 Å². The maximum absolute atomic E-state index is 12.4. The van der Waals surface area contributed by atoms with Crippen LogP contribution in [0.1, 0.15) is 43.7 Å². The van der Waals surface area contributed by atoms with E-state index in [2.05, 4.69) is 17.5 Å². The summed E-state index contributed by atoms with van der Waals surface area (Å²) in [6, 6.07) is 12.9. The van der Waals surface area contributed by atoms with Gasteiger partial charge in [0.05, 0.1) is 6.21 Å². The molecule has 4 rings (SSSR count). The molecule has 1 N–H and O–H groups in total. The van der Waals surface area contributed by atoms with E-state index in [0.717, 1.165) is 23.3 Å². The van der Waals surface area contributed by atoms with Crippen molar-refractivity contribution in [3.8, 4) is 5.75 Å². The molecule has 0 aromatic heterocycles. The smallest absolute Gasteiger partial charge is 0.244 e. The summed E-state index contributed by atoms with van der Waals surface area (Å²) in [6.45, 7) is 2.60. The molecule has 2 aromatic carbocycles. The lowest BCUT2D eigenvalue weighted by molar-refractivity contribution is -0.123. The average molecular weight is 431 g/mol. The van der Waals surface area contributed by atoms with Crippen LogP contribution in [0.5, 0.6) is 5.75 Å². The highest BCUT2D eigenvalue weighted by molar-refractivity contribution is 6.35. The van der Waals surface area contributed by atoms with Gasteiger partial charge in [-0.2, -0.15) is 5.10 Å². The van der Waals surface area contributed by atoms with Crippen LogP contribution in [0.3, 0.4) is 0 Å². The topological polar surface area (TPSA) is 50.7 Å². The van der Waals surface area contributed by atoms with Crippen LogP contribution in [0.25, 0.3) is 0 Å². The number of nitrogens with zero attached hydrogens (tertiary/aromatic N) is 1. The highest BCUT2D eigenvalue weighted by Crippen LogP contribution is 2.66. The number of ether oxygens (including phenoxy) is 1. The van der Waals surface area contributed by atoms with Crippen LogP contribution in [0.15, 0.2) is 47.6 Å². The Morgan fingerprint density at radius 3 is 2.72 bits per heavy atom. The van der Waals surface area contributed by atoms with Crippen molar-refractivity contribution in [2.24, 2.45) is 22.4 Å². The molecule has 0 spiro atoms. The number of rotatable bonds is 6. The molecule has 29 heavy (non-hydrogen) atoms. The summed E-state index contributed by atoms with van der Waals surface area (Å²) in [4.78, 5) is 12.4. The molecule has 0 heterocycles. The molecule has 4 nitrogen and oxygen atoms in total. The van der Waals surface area contributed by atoms with Gasteiger partial charge in [-0.25, -0.2) is 5.43 Å². The van der Waals surface area contributed by atoms with Gasteiger partial charge in [0, 0.05) is 21.5 Å². The third-order valence-corrected chi connectivity index (χ3v) is 6.88. The number of hydrazone groups is 1. The second-order valence-corrected chi connectivity index (χ2v) is 9.01. The normalized spacial score (nSPS) is 25.5. The van der Waals surface area contributed by atoms with Crippen LogP contribution in [-0.4, -0.2) is 12.1 Å². The van der Waals surface area contributed by atoms with Crippen LogP contribution >= 0.6 is 23.2 Å². The van der Waals surface area contributed by atoms with Gasteiger partial charge in [0.2, 0.25) is 5.91 Å². The van der Waals surface area contributed by atoms with Crippen LogP contribution in [0, 0.1) is 17.3 Å². The van der Waals surface area contributed by atoms with Crippen molar-refractivity contribution in [3.05, 3.63) is 63.6 Å². The fraction of sp³-hybridized carbons (Fsp3) is 0.391. The van der Waals surface area contributed by atoms with Crippen LogP contribution in [-0.2, 0) is 11.4 Å². The SMILES string of the molecule is C[C@]12CCCC[C@@H]1[C@@H]2C(=O)N/N=C\c1ccc(OCc2ccc(Cl)cc2Cl)cc1. The third-order valence-electron chi connectivity index (χ3n) is 6.29. The molecule has 2 aromatic rings. The molecular weight excluding hydrogens is 407 g/mol. The lowest BCUT2D eigenvalue weighted by atomic mass is 9.90. The molecule has 0 radical (unpaired) electrons. The first-order valence-electron chi connectivity index (χ1n) is 9.97. The van der Waals surface area contributed by atoms with Crippen molar-refractivity contribution in [1.82, 2.24) is 5.43 Å². The number of amides is 1. The Kier molecular flexibility index (Phi) is 5.84. The first kappa shape index (κ1) is 20.2. The van der Waals surface area contributed by atoms with Gasteiger partial charge in [-0.1, -0.05) is 49.0 Å². The molecular formula is C23H24Cl2N2O2. The van der Waals surface area contributed by atoms with Gasteiger partial charge in [-0.05, 0) is 66.1 Å². The molecule has 2 aliphatic rings. The number of fused-ring (bicyclic) bond motifs is 1. The number of carbonyl (C=O) groups excluding carboxylic acids is 1. The lowest BCUT2D eigenvalue weighted by Gasteiger charge is -2.15. The van der Waals surface area contributed by atoms with Gasteiger partial charge in [-0.3, -0.25) is 4.79 Å². The van der Waals surface area contributed by atoms with Gasteiger partial charge >= 0.3 is 0 Å². The minimum atomic E-state index is 0.0513. The average Bonchev–Trinajstić information content (AvgIpc) is 3.34. The van der Waals surface area contributed by atoms with Crippen molar-refractivity contribution in [2.45, 2.75) is 39.2 Å². The monoisotopic (exact) mass is 430 g/mol. The van der Waals surface area contributed by atoms with E-state index in [9.17, 15) is 4.79 Å². The fourth-order valence-corrected chi connectivity index (χ4v) is 5.00. The Hall–Kier alpha value is -2.04. The second-order valence-electron chi connectivity index (χ2n) is 8.16. The highest BCUT2D eigenvalue weighted by atomic mass is 35.5. The van der Waals surface area contributed by atoms with Crippen molar-refractivity contribution < 1.29 is 9.53 Å². The minimum Gasteiger partial charge on any atom is -0.489 e. The standard InChI is InChI=1S/C23H24Cl2N2O2/c1-23-11-3-2-4-19(23)21(23)22(28)27-26-13-15-5-9-18(10-6-15)29-14-16-7-8-17(24)12-20(16)25/h5-10,12-13,19,21H,2-4,11,14H2,1H3,(H,27,28)/b26-13-/t19-,21-,23+/m1/s1. The van der Waals surface area contributed by atoms with Gasteiger partial charge in [0.25, 0.3) is 0 Å². The summed E-state index contributed by atoms with van der Waals surface area (Å²) in [6.07, 6.45) is 6.46. The molecule has 2 aliphatic carbocycles. The van der Waals surface area contributed by atoms with Crippen molar-refractivity contribution >= 4 is 35.3 Å². The zero-order chi connectivity index (χ0) is 20.4. The Morgan fingerprint density at radius 2 is 2.03 bits per heavy atom. The Labute approximate surface area is 181 Å². The zero-order valence-electron chi connectivity index (χ0n) is 16.3. The third kappa shape index (κ3) is 4.44.